The van der Waals surface area contributed by atoms with E-state index in [1.54, 1.807) is 19.2 Å². The van der Waals surface area contributed by atoms with Crippen molar-refractivity contribution < 1.29 is 9.53 Å². The molecule has 0 saturated carbocycles. The molecule has 1 aromatic carbocycles. The molecule has 0 heterocycles. The van der Waals surface area contributed by atoms with Crippen LogP contribution in [0.1, 0.15) is 15.9 Å². The van der Waals surface area contributed by atoms with Gasteiger partial charge in [-0.3, -0.25) is 0 Å². The zero-order valence-corrected chi connectivity index (χ0v) is 8.44. The van der Waals surface area contributed by atoms with Gasteiger partial charge in [-0.2, -0.15) is 10.2 Å². The van der Waals surface area contributed by atoms with Gasteiger partial charge in [0.15, 0.2) is 0 Å². The molecule has 1 aromatic rings. The molecule has 0 N–H and O–H groups in total. The van der Waals surface area contributed by atoms with E-state index in [1.807, 2.05) is 13.0 Å². The lowest BCUT2D eigenvalue weighted by atomic mass is 10.1. The first kappa shape index (κ1) is 10.4. The van der Waals surface area contributed by atoms with E-state index in [2.05, 4.69) is 15.0 Å². The maximum atomic E-state index is 11.2. The number of benzene rings is 1. The van der Waals surface area contributed by atoms with Gasteiger partial charge in [0.1, 0.15) is 0 Å². The van der Waals surface area contributed by atoms with Crippen LogP contribution in [-0.2, 0) is 4.74 Å². The molecule has 74 valence electrons. The first-order chi connectivity index (χ1) is 6.69. The van der Waals surface area contributed by atoms with E-state index in [1.165, 1.54) is 7.11 Å². The number of carbonyl (C=O) groups is 1. The molecule has 0 aromatic heterocycles. The third kappa shape index (κ3) is 2.16. The van der Waals surface area contributed by atoms with Crippen molar-refractivity contribution in [1.29, 1.82) is 0 Å². The highest BCUT2D eigenvalue weighted by molar-refractivity contribution is 5.90. The summed E-state index contributed by atoms with van der Waals surface area (Å²) in [5.74, 6) is -0.363. The van der Waals surface area contributed by atoms with Crippen LogP contribution >= 0.6 is 0 Å². The number of rotatable bonds is 2. The molecule has 14 heavy (non-hydrogen) atoms. The quantitative estimate of drug-likeness (QED) is 0.534. The summed E-state index contributed by atoms with van der Waals surface area (Å²) >= 11 is 0. The fourth-order valence-electron chi connectivity index (χ4n) is 1.07. The van der Waals surface area contributed by atoms with Gasteiger partial charge in [-0.1, -0.05) is 6.07 Å². The van der Waals surface area contributed by atoms with Crippen LogP contribution in [-0.4, -0.2) is 20.1 Å². The Morgan fingerprint density at radius 1 is 1.43 bits per heavy atom. The van der Waals surface area contributed by atoms with Gasteiger partial charge in [0, 0.05) is 7.05 Å². The Balaban J connectivity index is 3.12. The van der Waals surface area contributed by atoms with Crippen LogP contribution in [0, 0.1) is 6.92 Å². The summed E-state index contributed by atoms with van der Waals surface area (Å²) in [4.78, 5) is 11.2. The Hall–Kier alpha value is -1.71. The molecular formula is C10H12N2O2. The van der Waals surface area contributed by atoms with Crippen molar-refractivity contribution >= 4 is 11.7 Å². The average molecular weight is 192 g/mol. The van der Waals surface area contributed by atoms with E-state index in [-0.39, 0.29) is 5.97 Å². The number of hydrogen-bond acceptors (Lipinski definition) is 4. The zero-order chi connectivity index (χ0) is 10.6. The Bertz CT molecular complexity index is 372. The second kappa shape index (κ2) is 4.50. The molecule has 4 heteroatoms. The standard InChI is InChI=1S/C10H12N2O2/c1-7-4-5-8(10(13)14-3)6-9(7)12-11-2/h4-6H,1-3H3/b12-11-. The third-order valence-electron chi connectivity index (χ3n) is 1.84. The van der Waals surface area contributed by atoms with Gasteiger partial charge in [0.25, 0.3) is 0 Å². The van der Waals surface area contributed by atoms with Crippen molar-refractivity contribution in [2.45, 2.75) is 6.92 Å². The summed E-state index contributed by atoms with van der Waals surface area (Å²) in [6.45, 7) is 1.91. The Morgan fingerprint density at radius 2 is 2.14 bits per heavy atom. The molecule has 0 radical (unpaired) electrons. The molecule has 1 rings (SSSR count). The summed E-state index contributed by atoms with van der Waals surface area (Å²) in [7, 11) is 2.94. The third-order valence-corrected chi connectivity index (χ3v) is 1.84. The number of esters is 1. The van der Waals surface area contributed by atoms with E-state index in [4.69, 9.17) is 0 Å². The van der Waals surface area contributed by atoms with Crippen LogP contribution in [0.2, 0.25) is 0 Å². The van der Waals surface area contributed by atoms with Gasteiger partial charge in [-0.05, 0) is 24.6 Å². The number of aryl methyl sites for hydroxylation is 1. The molecular weight excluding hydrogens is 180 g/mol. The van der Waals surface area contributed by atoms with Gasteiger partial charge >= 0.3 is 5.97 Å². The first-order valence-corrected chi connectivity index (χ1v) is 4.18. The lowest BCUT2D eigenvalue weighted by molar-refractivity contribution is 0.0601. The Morgan fingerprint density at radius 3 is 2.71 bits per heavy atom. The number of carbonyl (C=O) groups excluding carboxylic acids is 1. The summed E-state index contributed by atoms with van der Waals surface area (Å²) in [6, 6.07) is 5.18. The van der Waals surface area contributed by atoms with E-state index >= 15 is 0 Å². The molecule has 0 saturated heterocycles. The molecule has 0 unspecified atom stereocenters. The van der Waals surface area contributed by atoms with E-state index < -0.39 is 0 Å². The van der Waals surface area contributed by atoms with Crippen LogP contribution in [0.15, 0.2) is 28.4 Å². The molecule has 0 aliphatic rings. The van der Waals surface area contributed by atoms with Gasteiger partial charge in [0.2, 0.25) is 0 Å². The van der Waals surface area contributed by atoms with Gasteiger partial charge in [-0.15, -0.1) is 0 Å². The van der Waals surface area contributed by atoms with E-state index in [0.29, 0.717) is 11.3 Å². The van der Waals surface area contributed by atoms with Crippen molar-refractivity contribution in [2.75, 3.05) is 14.2 Å². The maximum absolute atomic E-state index is 11.2. The highest BCUT2D eigenvalue weighted by Crippen LogP contribution is 2.20. The lowest BCUT2D eigenvalue weighted by Gasteiger charge is -2.02. The molecule has 0 atom stereocenters. The summed E-state index contributed by atoms with van der Waals surface area (Å²) in [5, 5.41) is 7.57. The van der Waals surface area contributed by atoms with Crippen molar-refractivity contribution in [3.63, 3.8) is 0 Å². The second-order valence-corrected chi connectivity index (χ2v) is 2.79. The predicted octanol–water partition coefficient (Wildman–Crippen LogP) is 2.50. The minimum absolute atomic E-state index is 0.363. The number of nitrogens with zero attached hydrogens (tertiary/aromatic N) is 2. The topological polar surface area (TPSA) is 51.0 Å². The van der Waals surface area contributed by atoms with Crippen LogP contribution in [0.3, 0.4) is 0 Å². The van der Waals surface area contributed by atoms with Gasteiger partial charge in [-0.25, -0.2) is 4.79 Å². The molecule has 0 aliphatic carbocycles. The fourth-order valence-corrected chi connectivity index (χ4v) is 1.07. The molecule has 0 aliphatic heterocycles. The van der Waals surface area contributed by atoms with E-state index in [0.717, 1.165) is 5.56 Å². The Labute approximate surface area is 82.6 Å². The predicted molar refractivity (Wildman–Crippen MR) is 53.0 cm³/mol. The molecule has 0 bridgehead atoms. The Kier molecular flexibility index (Phi) is 3.34. The summed E-state index contributed by atoms with van der Waals surface area (Å²) in [5.41, 5.74) is 2.15. The molecule has 4 nitrogen and oxygen atoms in total. The molecule has 0 spiro atoms. The minimum atomic E-state index is -0.363. The van der Waals surface area contributed by atoms with Crippen LogP contribution in [0.5, 0.6) is 0 Å². The van der Waals surface area contributed by atoms with Gasteiger partial charge in [0.05, 0.1) is 18.4 Å². The minimum Gasteiger partial charge on any atom is -0.465 e. The number of azo groups is 1. The van der Waals surface area contributed by atoms with Crippen molar-refractivity contribution in [3.05, 3.63) is 29.3 Å². The lowest BCUT2D eigenvalue weighted by Crippen LogP contribution is -2.00. The van der Waals surface area contributed by atoms with Gasteiger partial charge < -0.3 is 4.74 Å². The van der Waals surface area contributed by atoms with Crippen LogP contribution in [0.25, 0.3) is 0 Å². The first-order valence-electron chi connectivity index (χ1n) is 4.18. The summed E-state index contributed by atoms with van der Waals surface area (Å²) in [6.07, 6.45) is 0. The van der Waals surface area contributed by atoms with Crippen molar-refractivity contribution in [3.8, 4) is 0 Å². The second-order valence-electron chi connectivity index (χ2n) is 2.79. The highest BCUT2D eigenvalue weighted by Gasteiger charge is 2.07. The van der Waals surface area contributed by atoms with Crippen molar-refractivity contribution in [1.82, 2.24) is 0 Å². The van der Waals surface area contributed by atoms with Crippen molar-refractivity contribution in [2.24, 2.45) is 10.2 Å². The van der Waals surface area contributed by atoms with Crippen LogP contribution < -0.4 is 0 Å². The normalized spacial score (nSPS) is 10.5. The van der Waals surface area contributed by atoms with E-state index in [9.17, 15) is 4.79 Å². The SMILES string of the molecule is C/N=N\c1cc(C(=O)OC)ccc1C. The largest absolute Gasteiger partial charge is 0.465 e. The average Bonchev–Trinajstić information content (AvgIpc) is 2.20. The fraction of sp³-hybridized carbons (Fsp3) is 0.300. The summed E-state index contributed by atoms with van der Waals surface area (Å²) < 4.78 is 4.60. The maximum Gasteiger partial charge on any atom is 0.337 e. The number of hydrogen-bond donors (Lipinski definition) is 0. The number of ether oxygens (including phenoxy) is 1. The monoisotopic (exact) mass is 192 g/mol. The highest BCUT2D eigenvalue weighted by atomic mass is 16.5. The van der Waals surface area contributed by atoms with Crippen LogP contribution in [0.4, 0.5) is 5.69 Å². The number of methoxy groups -OCH3 is 1. The zero-order valence-electron chi connectivity index (χ0n) is 8.44. The molecule has 0 fully saturated rings. The smallest absolute Gasteiger partial charge is 0.337 e. The molecule has 0 amide bonds.